The molecule has 0 atom stereocenters. The van der Waals surface area contributed by atoms with Crippen LogP contribution in [0.15, 0.2) is 132 Å². The Morgan fingerprint density at radius 2 is 1.29 bits per heavy atom. The van der Waals surface area contributed by atoms with Gasteiger partial charge in [-0.15, -0.1) is 0 Å². The van der Waals surface area contributed by atoms with E-state index in [4.69, 9.17) is 19.6 Å². The average Bonchev–Trinajstić information content (AvgIpc) is 3.40. The summed E-state index contributed by atoms with van der Waals surface area (Å²) in [5, 5.41) is 4.49. The van der Waals surface area contributed by atoms with Gasteiger partial charge in [0.15, 0.2) is 0 Å². The Labute approximate surface area is 261 Å². The summed E-state index contributed by atoms with van der Waals surface area (Å²) in [5.41, 5.74) is 15.5. The molecular formula is C40H30N2O3. The van der Waals surface area contributed by atoms with Crippen molar-refractivity contribution in [3.8, 4) is 56.4 Å². The van der Waals surface area contributed by atoms with Crippen molar-refractivity contribution in [3.63, 3.8) is 0 Å². The predicted octanol–water partition coefficient (Wildman–Crippen LogP) is 10.1. The van der Waals surface area contributed by atoms with Gasteiger partial charge in [0.25, 0.3) is 0 Å². The van der Waals surface area contributed by atoms with E-state index in [9.17, 15) is 0 Å². The lowest BCUT2D eigenvalue weighted by molar-refractivity contribution is 0.472. The number of furan rings is 1. The van der Waals surface area contributed by atoms with Gasteiger partial charge in [0, 0.05) is 51.0 Å². The second-order valence-corrected chi connectivity index (χ2v) is 11.1. The van der Waals surface area contributed by atoms with Gasteiger partial charge in [0.05, 0.1) is 0 Å². The third-order valence-corrected chi connectivity index (χ3v) is 8.39. The lowest BCUT2D eigenvalue weighted by Crippen LogP contribution is -2.14. The predicted molar refractivity (Wildman–Crippen MR) is 182 cm³/mol. The van der Waals surface area contributed by atoms with Crippen molar-refractivity contribution in [2.75, 3.05) is 6.54 Å². The highest BCUT2D eigenvalue weighted by Gasteiger charge is 2.22. The first-order chi connectivity index (χ1) is 22.2. The number of rotatable bonds is 3. The molecule has 0 amide bonds. The maximum Gasteiger partial charge on any atom is 0.136 e. The summed E-state index contributed by atoms with van der Waals surface area (Å²) in [6.45, 7) is 2.75. The number of para-hydroxylation sites is 2. The third kappa shape index (κ3) is 4.66. The van der Waals surface area contributed by atoms with E-state index in [1.165, 1.54) is 0 Å². The van der Waals surface area contributed by atoms with Crippen LogP contribution in [0.25, 0.3) is 56.1 Å². The molecule has 0 fully saturated rings. The van der Waals surface area contributed by atoms with Crippen LogP contribution in [0, 0.1) is 6.92 Å². The molecule has 0 saturated carbocycles. The lowest BCUT2D eigenvalue weighted by Gasteiger charge is -2.23. The van der Waals surface area contributed by atoms with E-state index in [2.05, 4.69) is 78.1 Å². The molecule has 3 heterocycles. The Kier molecular flexibility index (Phi) is 6.50. The molecule has 0 unspecified atom stereocenters. The number of benzene rings is 5. The normalized spacial score (nSPS) is 13.5. The van der Waals surface area contributed by atoms with Crippen LogP contribution in [0.5, 0.6) is 23.0 Å². The van der Waals surface area contributed by atoms with Gasteiger partial charge in [-0.3, -0.25) is 0 Å². The van der Waals surface area contributed by atoms with Crippen molar-refractivity contribution in [2.24, 2.45) is 5.73 Å². The fourth-order valence-corrected chi connectivity index (χ4v) is 6.27. The number of allylic oxidation sites excluding steroid dienone is 2. The molecule has 0 saturated heterocycles. The first-order valence-electron chi connectivity index (χ1n) is 15.0. The van der Waals surface area contributed by atoms with E-state index in [1.807, 2.05) is 61.5 Å². The zero-order valence-electron chi connectivity index (χ0n) is 24.7. The molecule has 45 heavy (non-hydrogen) atoms. The van der Waals surface area contributed by atoms with Crippen LogP contribution in [0.1, 0.15) is 16.9 Å². The van der Waals surface area contributed by atoms with Crippen molar-refractivity contribution in [1.82, 2.24) is 5.32 Å². The Morgan fingerprint density at radius 3 is 1.96 bits per heavy atom. The molecular weight excluding hydrogens is 556 g/mol. The summed E-state index contributed by atoms with van der Waals surface area (Å²) in [6, 6.07) is 35.0. The van der Waals surface area contributed by atoms with E-state index in [-0.39, 0.29) is 0 Å². The van der Waals surface area contributed by atoms with Gasteiger partial charge in [0.1, 0.15) is 34.3 Å². The number of fused-ring (bicyclic) bond motifs is 7. The minimum absolute atomic E-state index is 0.725. The zero-order chi connectivity index (χ0) is 30.3. The van der Waals surface area contributed by atoms with E-state index in [0.29, 0.717) is 0 Å². The van der Waals surface area contributed by atoms with Crippen molar-refractivity contribution in [1.29, 1.82) is 0 Å². The van der Waals surface area contributed by atoms with Crippen LogP contribution in [0.3, 0.4) is 0 Å². The number of aryl methyl sites for hydroxylation is 1. The molecule has 2 aliphatic heterocycles. The molecule has 5 nitrogen and oxygen atoms in total. The molecule has 1 aromatic heterocycles. The summed E-state index contributed by atoms with van der Waals surface area (Å²) in [5.74, 6) is 3.81. The molecule has 0 radical (unpaired) electrons. The van der Waals surface area contributed by atoms with Crippen LogP contribution in [-0.4, -0.2) is 6.54 Å². The molecule has 218 valence electrons. The first kappa shape index (κ1) is 26.7. The second kappa shape index (κ2) is 11.0. The largest absolute Gasteiger partial charge is 0.461 e. The number of hydrogen-bond donors (Lipinski definition) is 2. The van der Waals surface area contributed by atoms with Crippen molar-refractivity contribution < 1.29 is 13.9 Å². The Morgan fingerprint density at radius 1 is 0.667 bits per heavy atom. The van der Waals surface area contributed by atoms with Crippen molar-refractivity contribution in [3.05, 3.63) is 144 Å². The molecule has 8 rings (SSSR count). The number of hydrogen-bond acceptors (Lipinski definition) is 5. The lowest BCUT2D eigenvalue weighted by atomic mass is 9.94. The molecule has 6 aromatic rings. The summed E-state index contributed by atoms with van der Waals surface area (Å²) in [6.07, 6.45) is 9.71. The van der Waals surface area contributed by atoms with E-state index >= 15 is 0 Å². The molecule has 0 aliphatic carbocycles. The minimum atomic E-state index is 0.725. The number of nitrogens with one attached hydrogen (secondary N) is 1. The van der Waals surface area contributed by atoms with Crippen LogP contribution < -0.4 is 20.5 Å². The monoisotopic (exact) mass is 586 g/mol. The fourth-order valence-electron chi connectivity index (χ4n) is 6.27. The Balaban J connectivity index is 1.37. The van der Waals surface area contributed by atoms with Gasteiger partial charge < -0.3 is 24.9 Å². The second-order valence-electron chi connectivity index (χ2n) is 11.1. The van der Waals surface area contributed by atoms with Gasteiger partial charge in [-0.2, -0.15) is 0 Å². The van der Waals surface area contributed by atoms with Crippen LogP contribution in [0.2, 0.25) is 0 Å². The number of nitrogens with two attached hydrogens (primary N) is 1. The average molecular weight is 587 g/mol. The highest BCUT2D eigenvalue weighted by Crippen LogP contribution is 2.48. The summed E-state index contributed by atoms with van der Waals surface area (Å²) >= 11 is 0. The summed E-state index contributed by atoms with van der Waals surface area (Å²) < 4.78 is 19.8. The summed E-state index contributed by atoms with van der Waals surface area (Å²) in [7, 11) is 0. The van der Waals surface area contributed by atoms with E-state index in [1.54, 1.807) is 6.20 Å². The minimum Gasteiger partial charge on any atom is -0.461 e. The first-order valence-corrected chi connectivity index (χ1v) is 15.0. The molecule has 3 N–H and O–H groups in total. The van der Waals surface area contributed by atoms with Gasteiger partial charge in [-0.1, -0.05) is 72.8 Å². The Hall–Kier alpha value is -5.94. The maximum atomic E-state index is 6.89. The van der Waals surface area contributed by atoms with E-state index < -0.39 is 0 Å². The van der Waals surface area contributed by atoms with Crippen molar-refractivity contribution in [2.45, 2.75) is 6.92 Å². The highest BCUT2D eigenvalue weighted by molar-refractivity contribution is 6.01. The third-order valence-electron chi connectivity index (χ3n) is 8.39. The van der Waals surface area contributed by atoms with Crippen LogP contribution in [0.4, 0.5) is 0 Å². The number of dihydropyridines is 1. The molecule has 5 aromatic carbocycles. The van der Waals surface area contributed by atoms with Gasteiger partial charge in [0.2, 0.25) is 0 Å². The van der Waals surface area contributed by atoms with Crippen LogP contribution in [-0.2, 0) is 0 Å². The SMILES string of the molecule is Cc1oc2cccc(-c3ccc4c(c3)Oc3ccccc3-c3ccccc3Oc3cc(C5=CC=CCN5)ccc3-4)c2c1/C=C\N. The molecule has 5 heteroatoms. The zero-order valence-corrected chi connectivity index (χ0v) is 24.7. The quantitative estimate of drug-likeness (QED) is 0.216. The highest BCUT2D eigenvalue weighted by atomic mass is 16.5. The molecule has 0 spiro atoms. The molecule has 2 aliphatic rings. The smallest absolute Gasteiger partial charge is 0.136 e. The van der Waals surface area contributed by atoms with Gasteiger partial charge in [-0.25, -0.2) is 0 Å². The maximum absolute atomic E-state index is 6.89. The molecule has 0 bridgehead atoms. The van der Waals surface area contributed by atoms with Crippen LogP contribution >= 0.6 is 0 Å². The van der Waals surface area contributed by atoms with Crippen molar-refractivity contribution >= 4 is 22.7 Å². The summed E-state index contributed by atoms with van der Waals surface area (Å²) in [4.78, 5) is 0. The van der Waals surface area contributed by atoms with E-state index in [0.717, 1.165) is 96.5 Å². The Bertz CT molecular complexity index is 2200. The van der Waals surface area contributed by atoms with Gasteiger partial charge >= 0.3 is 0 Å². The number of ether oxygens (including phenoxy) is 2. The fraction of sp³-hybridized carbons (Fsp3) is 0.0500. The van der Waals surface area contributed by atoms with Gasteiger partial charge in [-0.05, 0) is 78.9 Å². The standard InChI is InChI=1S/C40H30N2O3/c1-25-28(20-21-41)40-29(11-8-15-37(40)43-25)26-16-18-32-33-19-17-27(34-12-6-7-22-42-34)24-39(33)45-36-14-5-3-10-31(36)30-9-2-4-13-35(30)44-38(32)23-26/h2-21,23-24,42H,22,41H2,1H3/b21-20-. The topological polar surface area (TPSA) is 69.7 Å².